The summed E-state index contributed by atoms with van der Waals surface area (Å²) in [6.45, 7) is 8.58. The number of hydrogen-bond acceptors (Lipinski definition) is 5. The average molecular weight is 354 g/mol. The fourth-order valence-electron chi connectivity index (χ4n) is 2.50. The summed E-state index contributed by atoms with van der Waals surface area (Å²) in [6.07, 6.45) is -0.892. The maximum absolute atomic E-state index is 12.1. The van der Waals surface area contributed by atoms with Gasteiger partial charge < -0.3 is 24.5 Å². The van der Waals surface area contributed by atoms with Crippen molar-refractivity contribution >= 4 is 18.0 Å². The molecule has 0 radical (unpaired) electrons. The van der Waals surface area contributed by atoms with Crippen molar-refractivity contribution in [1.29, 1.82) is 0 Å². The molecule has 1 atom stereocenters. The van der Waals surface area contributed by atoms with Gasteiger partial charge >= 0.3 is 18.0 Å². The first-order valence-corrected chi connectivity index (χ1v) is 7.84. The quantitative estimate of drug-likeness (QED) is 0.783. The number of ether oxygens (including phenoxy) is 2. The van der Waals surface area contributed by atoms with E-state index in [9.17, 15) is 19.5 Å². The van der Waals surface area contributed by atoms with Crippen LogP contribution in [0, 0.1) is 13.8 Å². The van der Waals surface area contributed by atoms with Crippen LogP contribution in [-0.2, 0) is 27.7 Å². The predicted octanol–water partition coefficient (Wildman–Crippen LogP) is 1.95. The molecule has 0 aliphatic carbocycles. The Bertz CT molecular complexity index is 684. The van der Waals surface area contributed by atoms with E-state index in [1.807, 2.05) is 0 Å². The third kappa shape index (κ3) is 4.98. The molecular weight excluding hydrogens is 328 g/mol. The summed E-state index contributed by atoms with van der Waals surface area (Å²) in [6, 6.07) is -1.24. The molecule has 0 saturated heterocycles. The first kappa shape index (κ1) is 20.5. The molecule has 140 valence electrons. The number of aliphatic carboxylic acids is 1. The van der Waals surface area contributed by atoms with Crippen LogP contribution in [0.4, 0.5) is 4.79 Å². The third-order valence-electron chi connectivity index (χ3n) is 3.89. The van der Waals surface area contributed by atoms with Gasteiger partial charge in [0.1, 0.15) is 11.6 Å². The molecule has 8 heteroatoms. The minimum absolute atomic E-state index is 0.0630. The van der Waals surface area contributed by atoms with E-state index in [1.165, 1.54) is 7.11 Å². The lowest BCUT2D eigenvalue weighted by atomic mass is 10.0. The van der Waals surface area contributed by atoms with Crippen LogP contribution in [0.1, 0.15) is 48.1 Å². The van der Waals surface area contributed by atoms with Gasteiger partial charge in [-0.2, -0.15) is 0 Å². The van der Waals surface area contributed by atoms with Crippen molar-refractivity contribution in [3.63, 3.8) is 0 Å². The second-order valence-corrected chi connectivity index (χ2v) is 6.82. The van der Waals surface area contributed by atoms with Crippen LogP contribution < -0.4 is 5.32 Å². The molecule has 1 amide bonds. The van der Waals surface area contributed by atoms with E-state index in [0.29, 0.717) is 16.8 Å². The summed E-state index contributed by atoms with van der Waals surface area (Å²) >= 11 is 0. The molecule has 25 heavy (non-hydrogen) atoms. The molecule has 0 aliphatic heterocycles. The predicted molar refractivity (Wildman–Crippen MR) is 90.7 cm³/mol. The average Bonchev–Trinajstić information content (AvgIpc) is 2.68. The Morgan fingerprint density at radius 3 is 2.20 bits per heavy atom. The molecule has 1 aromatic rings. The van der Waals surface area contributed by atoms with Gasteiger partial charge in [0.15, 0.2) is 0 Å². The SMILES string of the molecule is COC(=O)c1c(CC(NC(=O)OC(C)(C)C)C(=O)O)c(C)n(C)c1C. The van der Waals surface area contributed by atoms with Gasteiger partial charge in [-0.3, -0.25) is 0 Å². The van der Waals surface area contributed by atoms with Crippen molar-refractivity contribution < 1.29 is 29.0 Å². The number of nitrogens with one attached hydrogen (secondary N) is 1. The first-order chi connectivity index (χ1) is 11.4. The second kappa shape index (κ2) is 7.58. The van der Waals surface area contributed by atoms with Crippen molar-refractivity contribution in [2.24, 2.45) is 7.05 Å². The van der Waals surface area contributed by atoms with Crippen molar-refractivity contribution in [3.05, 3.63) is 22.5 Å². The highest BCUT2D eigenvalue weighted by atomic mass is 16.6. The Balaban J connectivity index is 3.15. The number of alkyl carbamates (subject to hydrolysis) is 1. The Hall–Kier alpha value is -2.51. The maximum Gasteiger partial charge on any atom is 0.408 e. The van der Waals surface area contributed by atoms with Gasteiger partial charge in [-0.25, -0.2) is 14.4 Å². The highest BCUT2D eigenvalue weighted by Gasteiger charge is 2.29. The number of nitrogens with zero attached hydrogens (tertiary/aromatic N) is 1. The molecule has 0 saturated carbocycles. The van der Waals surface area contributed by atoms with Gasteiger partial charge in [-0.15, -0.1) is 0 Å². The van der Waals surface area contributed by atoms with Crippen LogP contribution in [0.2, 0.25) is 0 Å². The fourth-order valence-corrected chi connectivity index (χ4v) is 2.50. The van der Waals surface area contributed by atoms with Gasteiger partial charge in [-0.1, -0.05) is 0 Å². The fraction of sp³-hybridized carbons (Fsp3) is 0.588. The topological polar surface area (TPSA) is 107 Å². The van der Waals surface area contributed by atoms with Gasteiger partial charge in [-0.05, 0) is 40.2 Å². The maximum atomic E-state index is 12.1. The Morgan fingerprint density at radius 1 is 1.20 bits per heavy atom. The van der Waals surface area contributed by atoms with Crippen molar-refractivity contribution in [1.82, 2.24) is 9.88 Å². The lowest BCUT2D eigenvalue weighted by Crippen LogP contribution is -2.44. The number of carboxylic acids is 1. The second-order valence-electron chi connectivity index (χ2n) is 6.82. The van der Waals surface area contributed by atoms with E-state index in [2.05, 4.69) is 5.32 Å². The van der Waals surface area contributed by atoms with Gasteiger partial charge in [0.05, 0.1) is 12.7 Å². The number of rotatable bonds is 5. The lowest BCUT2D eigenvalue weighted by molar-refractivity contribution is -0.139. The summed E-state index contributed by atoms with van der Waals surface area (Å²) in [5, 5.41) is 11.8. The minimum Gasteiger partial charge on any atom is -0.480 e. The summed E-state index contributed by atoms with van der Waals surface area (Å²) < 4.78 is 11.7. The molecule has 8 nitrogen and oxygen atoms in total. The molecule has 0 spiro atoms. The van der Waals surface area contributed by atoms with Crippen LogP contribution in [-0.4, -0.2) is 46.5 Å². The normalized spacial score (nSPS) is 12.4. The molecule has 1 rings (SSSR count). The Kier molecular flexibility index (Phi) is 6.23. The van der Waals surface area contributed by atoms with E-state index in [0.717, 1.165) is 5.69 Å². The molecule has 0 bridgehead atoms. The summed E-state index contributed by atoms with van der Waals surface area (Å²) in [4.78, 5) is 35.6. The zero-order valence-electron chi connectivity index (χ0n) is 15.7. The van der Waals surface area contributed by atoms with Crippen LogP contribution in [0.25, 0.3) is 0 Å². The summed E-state index contributed by atoms with van der Waals surface area (Å²) in [7, 11) is 3.04. The Labute approximate surface area is 147 Å². The largest absolute Gasteiger partial charge is 0.480 e. The van der Waals surface area contributed by atoms with Crippen LogP contribution in [0.5, 0.6) is 0 Å². The number of methoxy groups -OCH3 is 1. The number of hydrogen-bond donors (Lipinski definition) is 2. The van der Waals surface area contributed by atoms with Crippen LogP contribution >= 0.6 is 0 Å². The number of amides is 1. The van der Waals surface area contributed by atoms with Crippen LogP contribution in [0.3, 0.4) is 0 Å². The van der Waals surface area contributed by atoms with Gasteiger partial charge in [0, 0.05) is 24.9 Å². The minimum atomic E-state index is -1.24. The van der Waals surface area contributed by atoms with Crippen molar-refractivity contribution in [2.75, 3.05) is 7.11 Å². The van der Waals surface area contributed by atoms with Gasteiger partial charge in [0.2, 0.25) is 0 Å². The van der Waals surface area contributed by atoms with E-state index in [4.69, 9.17) is 9.47 Å². The zero-order chi connectivity index (χ0) is 19.5. The standard InChI is InChI=1S/C17H26N2O6/c1-9-11(13(15(22)24-7)10(2)19(9)6)8-12(14(20)21)18-16(23)25-17(3,4)5/h12H,8H2,1-7H3,(H,18,23)(H,20,21). The monoisotopic (exact) mass is 354 g/mol. The van der Waals surface area contributed by atoms with Crippen LogP contribution in [0.15, 0.2) is 0 Å². The number of aromatic nitrogens is 1. The summed E-state index contributed by atoms with van der Waals surface area (Å²) in [5.74, 6) is -1.76. The van der Waals surface area contributed by atoms with Gasteiger partial charge in [0.25, 0.3) is 0 Å². The van der Waals surface area contributed by atoms with E-state index in [1.54, 1.807) is 46.2 Å². The summed E-state index contributed by atoms with van der Waals surface area (Å²) in [5.41, 5.74) is 1.50. The smallest absolute Gasteiger partial charge is 0.408 e. The van der Waals surface area contributed by atoms with E-state index < -0.39 is 29.7 Å². The van der Waals surface area contributed by atoms with E-state index >= 15 is 0 Å². The molecule has 1 unspecified atom stereocenters. The number of carbonyl (C=O) groups excluding carboxylic acids is 2. The third-order valence-corrected chi connectivity index (χ3v) is 3.89. The molecule has 0 fully saturated rings. The van der Waals surface area contributed by atoms with Crippen molar-refractivity contribution in [2.45, 2.75) is 52.7 Å². The molecule has 0 aliphatic rings. The highest BCUT2D eigenvalue weighted by Crippen LogP contribution is 2.24. The highest BCUT2D eigenvalue weighted by molar-refractivity contribution is 5.93. The van der Waals surface area contributed by atoms with E-state index in [-0.39, 0.29) is 6.42 Å². The number of carbonyl (C=O) groups is 3. The lowest BCUT2D eigenvalue weighted by Gasteiger charge is -2.22. The zero-order valence-corrected chi connectivity index (χ0v) is 15.7. The number of esters is 1. The van der Waals surface area contributed by atoms with Crippen molar-refractivity contribution in [3.8, 4) is 0 Å². The molecule has 1 aromatic heterocycles. The molecule has 2 N–H and O–H groups in total. The first-order valence-electron chi connectivity index (χ1n) is 7.84. The Morgan fingerprint density at radius 2 is 1.76 bits per heavy atom. The molecule has 1 heterocycles. The number of carboxylic acid groups (broad SMARTS) is 1. The molecular formula is C17H26N2O6. The molecule has 0 aromatic carbocycles.